The number of halogens is 1. The lowest BCUT2D eigenvalue weighted by Crippen LogP contribution is -2.48. The van der Waals surface area contributed by atoms with Gasteiger partial charge >= 0.3 is 0 Å². The number of aromatic nitrogens is 3. The average molecular weight is 443 g/mol. The molecule has 0 atom stereocenters. The molecule has 0 radical (unpaired) electrons. The summed E-state index contributed by atoms with van der Waals surface area (Å²) in [5.41, 5.74) is 1.70. The minimum absolute atomic E-state index is 0.209. The molecule has 5 rings (SSSR count). The van der Waals surface area contributed by atoms with E-state index >= 15 is 0 Å². The van der Waals surface area contributed by atoms with Crippen LogP contribution in [0.2, 0.25) is 0 Å². The Morgan fingerprint density at radius 2 is 1.87 bits per heavy atom. The van der Waals surface area contributed by atoms with Crippen molar-refractivity contribution in [3.63, 3.8) is 0 Å². The zero-order valence-corrected chi connectivity index (χ0v) is 18.5. The van der Waals surface area contributed by atoms with E-state index < -0.39 is 0 Å². The standard InChI is InChI=1S/C22H27FN6OS/c1-2-18(30)27-11-13-28(14-12-27)22-26-29-20(24-17-5-3-4-6-17)19(25-21(29)31-22)15-7-9-16(23)10-8-15/h7-10,17,24H,2-6,11-14H2,1H3. The molecule has 9 heteroatoms. The molecular formula is C22H27FN6OS. The molecule has 1 aromatic carbocycles. The van der Waals surface area contributed by atoms with Crippen LogP contribution in [-0.2, 0) is 4.79 Å². The number of benzene rings is 1. The maximum atomic E-state index is 13.5. The second kappa shape index (κ2) is 8.45. The molecule has 2 aromatic heterocycles. The Bertz CT molecular complexity index is 1060. The fourth-order valence-electron chi connectivity index (χ4n) is 4.44. The topological polar surface area (TPSA) is 65.8 Å². The normalized spacial score (nSPS) is 17.6. The number of piperazine rings is 1. The molecule has 1 saturated carbocycles. The monoisotopic (exact) mass is 442 g/mol. The number of nitrogens with zero attached hydrogens (tertiary/aromatic N) is 5. The number of anilines is 2. The van der Waals surface area contributed by atoms with Crippen LogP contribution in [0.15, 0.2) is 24.3 Å². The van der Waals surface area contributed by atoms with Crippen LogP contribution in [0.25, 0.3) is 16.2 Å². The summed E-state index contributed by atoms with van der Waals surface area (Å²) in [6, 6.07) is 6.89. The third-order valence-corrected chi connectivity index (χ3v) is 7.18. The molecule has 1 amide bonds. The summed E-state index contributed by atoms with van der Waals surface area (Å²) >= 11 is 1.56. The van der Waals surface area contributed by atoms with Crippen molar-refractivity contribution in [2.75, 3.05) is 36.4 Å². The lowest BCUT2D eigenvalue weighted by molar-refractivity contribution is -0.131. The number of amides is 1. The highest BCUT2D eigenvalue weighted by atomic mass is 32.1. The van der Waals surface area contributed by atoms with Gasteiger partial charge in [0.05, 0.1) is 0 Å². The number of nitrogens with one attached hydrogen (secondary N) is 1. The Balaban J connectivity index is 1.45. The Hall–Kier alpha value is -2.68. The van der Waals surface area contributed by atoms with Gasteiger partial charge < -0.3 is 15.1 Å². The highest BCUT2D eigenvalue weighted by molar-refractivity contribution is 7.20. The summed E-state index contributed by atoms with van der Waals surface area (Å²) in [5, 5.41) is 9.48. The molecule has 1 aliphatic heterocycles. The van der Waals surface area contributed by atoms with Crippen LogP contribution in [-0.4, -0.2) is 57.6 Å². The Kier molecular flexibility index (Phi) is 5.52. The van der Waals surface area contributed by atoms with Gasteiger partial charge in [0.25, 0.3) is 0 Å². The summed E-state index contributed by atoms with van der Waals surface area (Å²) < 4.78 is 15.4. The summed E-state index contributed by atoms with van der Waals surface area (Å²) in [6.45, 7) is 4.91. The molecular weight excluding hydrogens is 415 g/mol. The molecule has 0 bridgehead atoms. The van der Waals surface area contributed by atoms with E-state index in [2.05, 4.69) is 10.2 Å². The quantitative estimate of drug-likeness (QED) is 0.647. The minimum Gasteiger partial charge on any atom is -0.365 e. The van der Waals surface area contributed by atoms with Crippen molar-refractivity contribution in [1.29, 1.82) is 0 Å². The molecule has 1 N–H and O–H groups in total. The number of hydrogen-bond donors (Lipinski definition) is 1. The predicted octanol–water partition coefficient (Wildman–Crippen LogP) is 4.01. The van der Waals surface area contributed by atoms with E-state index in [0.717, 1.165) is 66.2 Å². The van der Waals surface area contributed by atoms with Crippen molar-refractivity contribution >= 4 is 33.2 Å². The van der Waals surface area contributed by atoms with Gasteiger partial charge in [0.1, 0.15) is 11.5 Å². The Labute approximate surface area is 184 Å². The molecule has 0 spiro atoms. The van der Waals surface area contributed by atoms with Crippen molar-refractivity contribution in [2.45, 2.75) is 45.1 Å². The van der Waals surface area contributed by atoms with E-state index in [4.69, 9.17) is 10.1 Å². The minimum atomic E-state index is -0.254. The van der Waals surface area contributed by atoms with Gasteiger partial charge in [-0.25, -0.2) is 9.37 Å². The second-order valence-electron chi connectivity index (χ2n) is 8.24. The van der Waals surface area contributed by atoms with E-state index in [1.807, 2.05) is 16.3 Å². The van der Waals surface area contributed by atoms with E-state index in [1.165, 1.54) is 25.0 Å². The number of carbonyl (C=O) groups is 1. The van der Waals surface area contributed by atoms with Gasteiger partial charge in [0, 0.05) is 44.2 Å². The van der Waals surface area contributed by atoms with Gasteiger partial charge in [0.2, 0.25) is 16.0 Å². The van der Waals surface area contributed by atoms with Crippen LogP contribution in [0.1, 0.15) is 39.0 Å². The number of carbonyl (C=O) groups excluding carboxylic acids is 1. The van der Waals surface area contributed by atoms with Gasteiger partial charge in [-0.1, -0.05) is 31.1 Å². The molecule has 3 heterocycles. The largest absolute Gasteiger partial charge is 0.365 e. The van der Waals surface area contributed by atoms with Crippen molar-refractivity contribution in [1.82, 2.24) is 19.5 Å². The summed E-state index contributed by atoms with van der Waals surface area (Å²) in [6.07, 6.45) is 5.29. The van der Waals surface area contributed by atoms with Gasteiger partial charge in [0.15, 0.2) is 5.82 Å². The Morgan fingerprint density at radius 1 is 1.16 bits per heavy atom. The van der Waals surface area contributed by atoms with Crippen LogP contribution >= 0.6 is 11.3 Å². The van der Waals surface area contributed by atoms with Crippen LogP contribution in [0, 0.1) is 5.82 Å². The van der Waals surface area contributed by atoms with Crippen LogP contribution < -0.4 is 10.2 Å². The number of rotatable bonds is 5. The number of imidazole rings is 1. The fraction of sp³-hybridized carbons (Fsp3) is 0.500. The zero-order chi connectivity index (χ0) is 21.4. The fourth-order valence-corrected chi connectivity index (χ4v) is 5.39. The molecule has 3 aromatic rings. The molecule has 7 nitrogen and oxygen atoms in total. The van der Waals surface area contributed by atoms with Gasteiger partial charge in [-0.05, 0) is 37.1 Å². The maximum absolute atomic E-state index is 13.5. The first-order valence-electron chi connectivity index (χ1n) is 11.1. The first-order valence-corrected chi connectivity index (χ1v) is 11.9. The third-order valence-electron chi connectivity index (χ3n) is 6.21. The molecule has 2 aliphatic rings. The summed E-state index contributed by atoms with van der Waals surface area (Å²) in [5.74, 6) is 0.840. The van der Waals surface area contributed by atoms with Gasteiger partial charge in [-0.2, -0.15) is 4.52 Å². The van der Waals surface area contributed by atoms with Crippen LogP contribution in [0.3, 0.4) is 0 Å². The smallest absolute Gasteiger partial charge is 0.222 e. The average Bonchev–Trinajstić information content (AvgIpc) is 3.52. The molecule has 0 unspecified atom stereocenters. The van der Waals surface area contributed by atoms with Gasteiger partial charge in [-0.3, -0.25) is 4.79 Å². The summed E-state index contributed by atoms with van der Waals surface area (Å²) in [4.78, 5) is 21.8. The van der Waals surface area contributed by atoms with E-state index in [-0.39, 0.29) is 11.7 Å². The van der Waals surface area contributed by atoms with E-state index in [9.17, 15) is 9.18 Å². The number of hydrogen-bond acceptors (Lipinski definition) is 6. The van der Waals surface area contributed by atoms with Crippen LogP contribution in [0.4, 0.5) is 15.3 Å². The SMILES string of the molecule is CCC(=O)N1CCN(c2nn3c(NC4CCCC4)c(-c4ccc(F)cc4)nc3s2)CC1. The molecule has 1 saturated heterocycles. The molecule has 2 fully saturated rings. The van der Waals surface area contributed by atoms with E-state index in [0.29, 0.717) is 12.5 Å². The van der Waals surface area contributed by atoms with Crippen molar-refractivity contribution in [3.8, 4) is 11.3 Å². The second-order valence-corrected chi connectivity index (χ2v) is 9.18. The molecule has 31 heavy (non-hydrogen) atoms. The van der Waals surface area contributed by atoms with Crippen LogP contribution in [0.5, 0.6) is 0 Å². The highest BCUT2D eigenvalue weighted by Crippen LogP contribution is 2.35. The molecule has 164 valence electrons. The van der Waals surface area contributed by atoms with Crippen molar-refractivity contribution in [2.24, 2.45) is 0 Å². The van der Waals surface area contributed by atoms with E-state index in [1.54, 1.807) is 23.5 Å². The Morgan fingerprint density at radius 3 is 2.55 bits per heavy atom. The first kappa shape index (κ1) is 20.2. The first-order chi connectivity index (χ1) is 15.1. The lowest BCUT2D eigenvalue weighted by Gasteiger charge is -2.34. The number of fused-ring (bicyclic) bond motifs is 1. The summed E-state index contributed by atoms with van der Waals surface area (Å²) in [7, 11) is 0. The van der Waals surface area contributed by atoms with Crippen molar-refractivity contribution < 1.29 is 9.18 Å². The maximum Gasteiger partial charge on any atom is 0.222 e. The van der Waals surface area contributed by atoms with Gasteiger partial charge in [-0.15, -0.1) is 5.10 Å². The molecule has 1 aliphatic carbocycles. The third kappa shape index (κ3) is 3.98. The predicted molar refractivity (Wildman–Crippen MR) is 121 cm³/mol. The lowest BCUT2D eigenvalue weighted by atomic mass is 10.1. The van der Waals surface area contributed by atoms with Crippen molar-refractivity contribution in [3.05, 3.63) is 30.1 Å². The zero-order valence-electron chi connectivity index (χ0n) is 17.7. The highest BCUT2D eigenvalue weighted by Gasteiger charge is 2.26.